The van der Waals surface area contributed by atoms with E-state index in [0.29, 0.717) is 27.7 Å². The molecule has 6 nitrogen and oxygen atoms in total. The van der Waals surface area contributed by atoms with Crippen LogP contribution in [-0.4, -0.2) is 19.9 Å². The fourth-order valence-corrected chi connectivity index (χ4v) is 2.95. The number of aliphatic hydroxyl groups is 1. The van der Waals surface area contributed by atoms with Crippen LogP contribution in [0, 0.1) is 11.3 Å². The normalized spacial score (nSPS) is 12.1. The van der Waals surface area contributed by atoms with Crippen LogP contribution in [0.25, 0.3) is 0 Å². The third-order valence-corrected chi connectivity index (χ3v) is 3.90. The predicted octanol–water partition coefficient (Wildman–Crippen LogP) is 1.67. The van der Waals surface area contributed by atoms with Crippen molar-refractivity contribution < 1.29 is 5.11 Å². The lowest BCUT2D eigenvalue weighted by molar-refractivity contribution is 0.196. The number of nitrogens with one attached hydrogen (secondary N) is 1. The Kier molecular flexibility index (Phi) is 4.27. The number of H-pyrrole nitrogens is 1. The molecular formula is C13H14N4O2S. The van der Waals surface area contributed by atoms with Crippen LogP contribution in [0.1, 0.15) is 31.1 Å². The molecule has 0 radical (unpaired) electrons. The SMILES string of the molecule is CCn1c(Sc2cc(C#N)ccc2C(C)O)n[nH]c1=O. The van der Waals surface area contributed by atoms with Crippen LogP contribution in [0.5, 0.6) is 0 Å². The summed E-state index contributed by atoms with van der Waals surface area (Å²) < 4.78 is 1.50. The molecule has 1 heterocycles. The van der Waals surface area contributed by atoms with Crippen molar-refractivity contribution >= 4 is 11.8 Å². The molecule has 104 valence electrons. The van der Waals surface area contributed by atoms with E-state index in [1.807, 2.05) is 6.92 Å². The minimum absolute atomic E-state index is 0.273. The Hall–Kier alpha value is -2.04. The lowest BCUT2D eigenvalue weighted by atomic mass is 10.1. The molecule has 0 aliphatic heterocycles. The molecular weight excluding hydrogens is 276 g/mol. The van der Waals surface area contributed by atoms with E-state index in [9.17, 15) is 9.90 Å². The van der Waals surface area contributed by atoms with Gasteiger partial charge in [0, 0.05) is 11.4 Å². The van der Waals surface area contributed by atoms with Crippen molar-refractivity contribution in [3.63, 3.8) is 0 Å². The van der Waals surface area contributed by atoms with Crippen LogP contribution < -0.4 is 5.69 Å². The number of benzene rings is 1. The van der Waals surface area contributed by atoms with Gasteiger partial charge in [-0.3, -0.25) is 4.57 Å². The Labute approximate surface area is 120 Å². The van der Waals surface area contributed by atoms with Gasteiger partial charge < -0.3 is 5.11 Å². The van der Waals surface area contributed by atoms with Gasteiger partial charge in [-0.25, -0.2) is 9.89 Å². The van der Waals surface area contributed by atoms with Gasteiger partial charge in [0.25, 0.3) is 0 Å². The molecule has 0 bridgehead atoms. The highest BCUT2D eigenvalue weighted by molar-refractivity contribution is 7.99. The lowest BCUT2D eigenvalue weighted by Crippen LogP contribution is -2.16. The fourth-order valence-electron chi connectivity index (χ4n) is 1.80. The molecule has 0 saturated heterocycles. The van der Waals surface area contributed by atoms with Gasteiger partial charge in [-0.05, 0) is 43.3 Å². The number of nitriles is 1. The second kappa shape index (κ2) is 5.94. The summed E-state index contributed by atoms with van der Waals surface area (Å²) in [6.07, 6.45) is -0.661. The predicted molar refractivity (Wildman–Crippen MR) is 74.4 cm³/mol. The molecule has 0 aliphatic carbocycles. The zero-order valence-corrected chi connectivity index (χ0v) is 11.9. The molecule has 0 amide bonds. The first kappa shape index (κ1) is 14.4. The summed E-state index contributed by atoms with van der Waals surface area (Å²) in [6.45, 7) is 4.00. The van der Waals surface area contributed by atoms with Gasteiger partial charge >= 0.3 is 5.69 Å². The van der Waals surface area contributed by atoms with Crippen molar-refractivity contribution in [2.75, 3.05) is 0 Å². The van der Waals surface area contributed by atoms with E-state index < -0.39 is 6.10 Å². The van der Waals surface area contributed by atoms with Crippen molar-refractivity contribution in [2.45, 2.75) is 36.5 Å². The average molecular weight is 290 g/mol. The van der Waals surface area contributed by atoms with Crippen LogP contribution >= 0.6 is 11.8 Å². The average Bonchev–Trinajstić information content (AvgIpc) is 2.78. The minimum atomic E-state index is -0.661. The first-order valence-corrected chi connectivity index (χ1v) is 6.93. The topological polar surface area (TPSA) is 94.7 Å². The van der Waals surface area contributed by atoms with Crippen molar-refractivity contribution in [3.05, 3.63) is 39.8 Å². The van der Waals surface area contributed by atoms with Gasteiger partial charge in [-0.1, -0.05) is 6.07 Å². The van der Waals surface area contributed by atoms with Crippen LogP contribution in [0.15, 0.2) is 33.0 Å². The molecule has 7 heteroatoms. The zero-order valence-electron chi connectivity index (χ0n) is 11.1. The summed E-state index contributed by atoms with van der Waals surface area (Å²) in [6, 6.07) is 7.12. The molecule has 1 atom stereocenters. The third kappa shape index (κ3) is 2.76. The number of nitrogens with zero attached hydrogens (tertiary/aromatic N) is 3. The van der Waals surface area contributed by atoms with Gasteiger partial charge in [-0.2, -0.15) is 5.26 Å². The third-order valence-electron chi connectivity index (χ3n) is 2.83. The monoisotopic (exact) mass is 290 g/mol. The number of aliphatic hydroxyl groups excluding tert-OH is 1. The summed E-state index contributed by atoms with van der Waals surface area (Å²) in [5, 5.41) is 25.6. The molecule has 1 aromatic carbocycles. The second-order valence-electron chi connectivity index (χ2n) is 4.20. The van der Waals surface area contributed by atoms with Crippen LogP contribution in [0.2, 0.25) is 0 Å². The van der Waals surface area contributed by atoms with Crippen LogP contribution in [-0.2, 0) is 6.54 Å². The number of hydrogen-bond acceptors (Lipinski definition) is 5. The quantitative estimate of drug-likeness (QED) is 0.893. The highest BCUT2D eigenvalue weighted by atomic mass is 32.2. The number of hydrogen-bond donors (Lipinski definition) is 2. The van der Waals surface area contributed by atoms with Crippen molar-refractivity contribution in [3.8, 4) is 6.07 Å². The fraction of sp³-hybridized carbons (Fsp3) is 0.308. The van der Waals surface area contributed by atoms with E-state index in [4.69, 9.17) is 5.26 Å². The first-order chi connectivity index (χ1) is 9.56. The van der Waals surface area contributed by atoms with E-state index in [1.165, 1.54) is 16.3 Å². The van der Waals surface area contributed by atoms with Crippen LogP contribution in [0.4, 0.5) is 0 Å². The Balaban J connectivity index is 2.46. The summed E-state index contributed by atoms with van der Waals surface area (Å²) in [5.74, 6) is 0. The zero-order chi connectivity index (χ0) is 14.7. The van der Waals surface area contributed by atoms with Gasteiger partial charge in [0.2, 0.25) is 0 Å². The van der Waals surface area contributed by atoms with Crippen LogP contribution in [0.3, 0.4) is 0 Å². The number of aromatic nitrogens is 3. The molecule has 2 N–H and O–H groups in total. The molecule has 0 fully saturated rings. The van der Waals surface area contributed by atoms with Crippen molar-refractivity contribution in [2.24, 2.45) is 0 Å². The number of rotatable bonds is 4. The molecule has 20 heavy (non-hydrogen) atoms. The highest BCUT2D eigenvalue weighted by Gasteiger charge is 2.14. The Morgan fingerprint density at radius 3 is 2.95 bits per heavy atom. The van der Waals surface area contributed by atoms with Gasteiger partial charge in [-0.15, -0.1) is 5.10 Å². The first-order valence-electron chi connectivity index (χ1n) is 6.12. The molecule has 1 aromatic heterocycles. The van der Waals surface area contributed by atoms with E-state index in [2.05, 4.69) is 16.3 Å². The highest BCUT2D eigenvalue weighted by Crippen LogP contribution is 2.32. The largest absolute Gasteiger partial charge is 0.389 e. The van der Waals surface area contributed by atoms with Gasteiger partial charge in [0.15, 0.2) is 5.16 Å². The molecule has 0 aliphatic rings. The van der Waals surface area contributed by atoms with E-state index in [1.54, 1.807) is 25.1 Å². The summed E-state index contributed by atoms with van der Waals surface area (Å²) >= 11 is 1.25. The number of aromatic amines is 1. The summed E-state index contributed by atoms with van der Waals surface area (Å²) in [7, 11) is 0. The summed E-state index contributed by atoms with van der Waals surface area (Å²) in [5.41, 5.74) is 0.926. The van der Waals surface area contributed by atoms with Gasteiger partial charge in [0.05, 0.1) is 17.7 Å². The van der Waals surface area contributed by atoms with Crippen molar-refractivity contribution in [1.29, 1.82) is 5.26 Å². The maximum Gasteiger partial charge on any atom is 0.343 e. The Morgan fingerprint density at radius 2 is 2.35 bits per heavy atom. The van der Waals surface area contributed by atoms with E-state index >= 15 is 0 Å². The maximum absolute atomic E-state index is 11.5. The lowest BCUT2D eigenvalue weighted by Gasteiger charge is -2.11. The molecule has 0 saturated carbocycles. The molecule has 0 spiro atoms. The smallest absolute Gasteiger partial charge is 0.343 e. The minimum Gasteiger partial charge on any atom is -0.389 e. The van der Waals surface area contributed by atoms with Crippen molar-refractivity contribution in [1.82, 2.24) is 14.8 Å². The molecule has 2 aromatic rings. The molecule has 2 rings (SSSR count). The Bertz CT molecular complexity index is 712. The van der Waals surface area contributed by atoms with E-state index in [0.717, 1.165) is 0 Å². The summed E-state index contributed by atoms with van der Waals surface area (Å²) in [4.78, 5) is 12.2. The standard InChI is InChI=1S/C13H14N4O2S/c1-3-17-12(19)15-16-13(17)20-11-6-9(7-14)4-5-10(11)8(2)18/h4-6,8,18H,3H2,1-2H3,(H,15,19). The van der Waals surface area contributed by atoms with Gasteiger partial charge in [0.1, 0.15) is 0 Å². The molecule has 1 unspecified atom stereocenters. The maximum atomic E-state index is 11.5. The Morgan fingerprint density at radius 1 is 1.60 bits per heavy atom. The van der Waals surface area contributed by atoms with E-state index in [-0.39, 0.29) is 5.69 Å². The second-order valence-corrected chi connectivity index (χ2v) is 5.21.